The monoisotopic (exact) mass is 393 g/mol. The number of carbonyl (C=O) groups excluding carboxylic acids is 3. The molecule has 2 aromatic carbocycles. The van der Waals surface area contributed by atoms with Crippen LogP contribution in [0.25, 0.3) is 0 Å². The van der Waals surface area contributed by atoms with Gasteiger partial charge in [0.2, 0.25) is 11.8 Å². The van der Waals surface area contributed by atoms with Crippen molar-refractivity contribution in [3.8, 4) is 0 Å². The lowest BCUT2D eigenvalue weighted by atomic mass is 10.0. The molecule has 29 heavy (non-hydrogen) atoms. The van der Waals surface area contributed by atoms with Gasteiger partial charge in [0.05, 0.1) is 0 Å². The predicted octanol–water partition coefficient (Wildman–Crippen LogP) is 3.51. The Morgan fingerprint density at radius 2 is 1.83 bits per heavy atom. The van der Waals surface area contributed by atoms with Crippen LogP contribution in [-0.2, 0) is 9.59 Å². The number of hydrogen-bond donors (Lipinski definition) is 2. The first-order chi connectivity index (χ1) is 13.9. The first-order valence-corrected chi connectivity index (χ1v) is 9.94. The molecule has 1 heterocycles. The molecular formula is C23H27N3O3. The normalized spacial score (nSPS) is 14.8. The minimum absolute atomic E-state index is 0.0914. The fourth-order valence-corrected chi connectivity index (χ4v) is 3.47. The fourth-order valence-electron chi connectivity index (χ4n) is 3.47. The zero-order valence-corrected chi connectivity index (χ0v) is 17.1. The Morgan fingerprint density at radius 3 is 2.48 bits per heavy atom. The molecule has 1 aliphatic rings. The van der Waals surface area contributed by atoms with Crippen molar-refractivity contribution in [1.29, 1.82) is 0 Å². The number of amides is 3. The van der Waals surface area contributed by atoms with E-state index in [1.807, 2.05) is 45.0 Å². The number of aryl methyl sites for hydroxylation is 1. The summed E-state index contributed by atoms with van der Waals surface area (Å²) in [4.78, 5) is 39.3. The molecule has 1 atom stereocenters. The van der Waals surface area contributed by atoms with Crippen LogP contribution in [0.3, 0.4) is 0 Å². The van der Waals surface area contributed by atoms with Gasteiger partial charge in [0.15, 0.2) is 0 Å². The molecule has 2 aromatic rings. The first kappa shape index (κ1) is 20.6. The lowest BCUT2D eigenvalue weighted by Crippen LogP contribution is -2.47. The third kappa shape index (κ3) is 4.83. The van der Waals surface area contributed by atoms with Crippen molar-refractivity contribution in [1.82, 2.24) is 5.32 Å². The second-order valence-corrected chi connectivity index (χ2v) is 7.70. The van der Waals surface area contributed by atoms with E-state index in [0.29, 0.717) is 24.2 Å². The number of hydrogen-bond acceptors (Lipinski definition) is 3. The number of nitrogens with one attached hydrogen (secondary N) is 2. The van der Waals surface area contributed by atoms with Crippen LogP contribution in [0.5, 0.6) is 0 Å². The average Bonchev–Trinajstić information content (AvgIpc) is 3.12. The summed E-state index contributed by atoms with van der Waals surface area (Å²) in [5.41, 5.74) is 2.79. The zero-order valence-electron chi connectivity index (χ0n) is 17.1. The molecule has 1 fully saturated rings. The summed E-state index contributed by atoms with van der Waals surface area (Å²) in [6.45, 7) is 6.34. The summed E-state index contributed by atoms with van der Waals surface area (Å²) in [6.07, 6.45) is 1.40. The fraction of sp³-hybridized carbons (Fsp3) is 0.348. The van der Waals surface area contributed by atoms with Gasteiger partial charge in [-0.15, -0.1) is 0 Å². The summed E-state index contributed by atoms with van der Waals surface area (Å²) in [7, 11) is 0. The summed E-state index contributed by atoms with van der Waals surface area (Å²) in [6, 6.07) is 13.9. The van der Waals surface area contributed by atoms with Gasteiger partial charge in [-0.3, -0.25) is 14.4 Å². The van der Waals surface area contributed by atoms with Crippen LogP contribution in [0.4, 0.5) is 11.4 Å². The molecule has 3 amide bonds. The van der Waals surface area contributed by atoms with Gasteiger partial charge in [0, 0.05) is 29.9 Å². The van der Waals surface area contributed by atoms with Crippen LogP contribution >= 0.6 is 0 Å². The SMILES string of the molecule is Cc1ccccc1C(=O)NC(C(=O)Nc1cccc(N2CCCC2=O)c1)C(C)C. The van der Waals surface area contributed by atoms with E-state index < -0.39 is 6.04 Å². The van der Waals surface area contributed by atoms with Gasteiger partial charge >= 0.3 is 0 Å². The molecule has 0 aromatic heterocycles. The van der Waals surface area contributed by atoms with Crippen molar-refractivity contribution < 1.29 is 14.4 Å². The van der Waals surface area contributed by atoms with Gasteiger partial charge in [-0.2, -0.15) is 0 Å². The molecule has 3 rings (SSSR count). The Labute approximate surface area is 171 Å². The minimum atomic E-state index is -0.681. The van der Waals surface area contributed by atoms with E-state index in [1.54, 1.807) is 29.2 Å². The van der Waals surface area contributed by atoms with Crippen LogP contribution in [0.2, 0.25) is 0 Å². The van der Waals surface area contributed by atoms with E-state index in [-0.39, 0.29) is 23.6 Å². The molecule has 1 unspecified atom stereocenters. The largest absolute Gasteiger partial charge is 0.340 e. The molecule has 6 heteroatoms. The molecule has 0 aliphatic carbocycles. The Kier molecular flexibility index (Phi) is 6.32. The number of anilines is 2. The van der Waals surface area contributed by atoms with Crippen molar-refractivity contribution in [3.63, 3.8) is 0 Å². The topological polar surface area (TPSA) is 78.5 Å². The zero-order chi connectivity index (χ0) is 21.0. The van der Waals surface area contributed by atoms with Crippen LogP contribution < -0.4 is 15.5 Å². The van der Waals surface area contributed by atoms with E-state index in [1.165, 1.54) is 0 Å². The van der Waals surface area contributed by atoms with Crippen molar-refractivity contribution >= 4 is 29.1 Å². The molecule has 6 nitrogen and oxygen atoms in total. The quantitative estimate of drug-likeness (QED) is 0.788. The minimum Gasteiger partial charge on any atom is -0.340 e. The molecule has 1 saturated heterocycles. The van der Waals surface area contributed by atoms with Crippen LogP contribution in [0.15, 0.2) is 48.5 Å². The second kappa shape index (κ2) is 8.90. The maximum Gasteiger partial charge on any atom is 0.252 e. The summed E-state index contributed by atoms with van der Waals surface area (Å²) < 4.78 is 0. The van der Waals surface area contributed by atoms with Crippen molar-refractivity contribution in [2.45, 2.75) is 39.7 Å². The number of rotatable bonds is 6. The molecule has 0 spiro atoms. The lowest BCUT2D eigenvalue weighted by Gasteiger charge is -2.23. The Morgan fingerprint density at radius 1 is 1.07 bits per heavy atom. The van der Waals surface area contributed by atoms with Gasteiger partial charge in [-0.25, -0.2) is 0 Å². The highest BCUT2D eigenvalue weighted by molar-refractivity contribution is 6.02. The molecule has 1 aliphatic heterocycles. The number of nitrogens with zero attached hydrogens (tertiary/aromatic N) is 1. The molecule has 0 radical (unpaired) electrons. The van der Waals surface area contributed by atoms with Crippen molar-refractivity contribution in [2.24, 2.45) is 5.92 Å². The molecule has 152 valence electrons. The molecular weight excluding hydrogens is 366 g/mol. The average molecular weight is 393 g/mol. The third-order valence-corrected chi connectivity index (χ3v) is 5.12. The second-order valence-electron chi connectivity index (χ2n) is 7.70. The van der Waals surface area contributed by atoms with Gasteiger partial charge < -0.3 is 15.5 Å². The summed E-state index contributed by atoms with van der Waals surface area (Å²) >= 11 is 0. The van der Waals surface area contributed by atoms with Crippen LogP contribution in [0, 0.1) is 12.8 Å². The highest BCUT2D eigenvalue weighted by atomic mass is 16.2. The van der Waals surface area contributed by atoms with E-state index in [0.717, 1.165) is 17.7 Å². The van der Waals surface area contributed by atoms with Crippen LogP contribution in [0.1, 0.15) is 42.6 Å². The van der Waals surface area contributed by atoms with E-state index in [4.69, 9.17) is 0 Å². The highest BCUT2D eigenvalue weighted by Crippen LogP contribution is 2.24. The Bertz CT molecular complexity index is 923. The van der Waals surface area contributed by atoms with E-state index in [2.05, 4.69) is 10.6 Å². The van der Waals surface area contributed by atoms with Crippen molar-refractivity contribution in [3.05, 3.63) is 59.7 Å². The lowest BCUT2D eigenvalue weighted by molar-refractivity contribution is -0.119. The van der Waals surface area contributed by atoms with Gasteiger partial charge in [0.1, 0.15) is 6.04 Å². The van der Waals surface area contributed by atoms with Crippen LogP contribution in [-0.4, -0.2) is 30.3 Å². The predicted molar refractivity (Wildman–Crippen MR) is 114 cm³/mol. The standard InChI is InChI=1S/C23H27N3O3/c1-15(2)21(25-22(28)19-11-5-4-8-16(19)3)23(29)24-17-9-6-10-18(14-17)26-13-7-12-20(26)27/h4-6,8-11,14-15,21H,7,12-13H2,1-3H3,(H,24,29)(H,25,28). The smallest absolute Gasteiger partial charge is 0.252 e. The maximum atomic E-state index is 12.9. The van der Waals surface area contributed by atoms with E-state index >= 15 is 0 Å². The third-order valence-electron chi connectivity index (χ3n) is 5.12. The molecule has 2 N–H and O–H groups in total. The van der Waals surface area contributed by atoms with Crippen molar-refractivity contribution in [2.75, 3.05) is 16.8 Å². The maximum absolute atomic E-state index is 12.9. The van der Waals surface area contributed by atoms with Gasteiger partial charge in [-0.1, -0.05) is 38.1 Å². The number of benzene rings is 2. The molecule has 0 saturated carbocycles. The Balaban J connectivity index is 1.72. The first-order valence-electron chi connectivity index (χ1n) is 9.94. The van der Waals surface area contributed by atoms with Gasteiger partial charge in [0.25, 0.3) is 5.91 Å². The molecule has 0 bridgehead atoms. The Hall–Kier alpha value is -3.15. The highest BCUT2D eigenvalue weighted by Gasteiger charge is 2.26. The van der Waals surface area contributed by atoms with Gasteiger partial charge in [-0.05, 0) is 49.1 Å². The summed E-state index contributed by atoms with van der Waals surface area (Å²) in [5.74, 6) is -0.550. The number of carbonyl (C=O) groups is 3. The summed E-state index contributed by atoms with van der Waals surface area (Å²) in [5, 5.41) is 5.74. The van der Waals surface area contributed by atoms with E-state index in [9.17, 15) is 14.4 Å².